The Balaban J connectivity index is 2.01. The number of benzene rings is 1. The van der Waals surface area contributed by atoms with Crippen molar-refractivity contribution in [2.24, 2.45) is 4.99 Å². The molecule has 1 aliphatic heterocycles. The van der Waals surface area contributed by atoms with E-state index in [2.05, 4.69) is 15.3 Å². The second-order valence-electron chi connectivity index (χ2n) is 6.39. The van der Waals surface area contributed by atoms with Crippen molar-refractivity contribution in [3.63, 3.8) is 0 Å². The lowest BCUT2D eigenvalue weighted by molar-refractivity contribution is -0.137. The van der Waals surface area contributed by atoms with Gasteiger partial charge in [-0.1, -0.05) is 6.07 Å². The molecule has 1 aliphatic rings. The first-order chi connectivity index (χ1) is 13.6. The molecule has 0 radical (unpaired) electrons. The number of hydrogen-bond acceptors (Lipinski definition) is 5. The second kappa shape index (κ2) is 7.50. The van der Waals surface area contributed by atoms with E-state index in [1.54, 1.807) is 0 Å². The van der Waals surface area contributed by atoms with Gasteiger partial charge in [0.1, 0.15) is 29.2 Å². The summed E-state index contributed by atoms with van der Waals surface area (Å²) >= 11 is 0. The van der Waals surface area contributed by atoms with Crippen molar-refractivity contribution in [3.8, 4) is 6.07 Å². The topological polar surface area (TPSA) is 81.4 Å². The van der Waals surface area contributed by atoms with Gasteiger partial charge in [0.2, 0.25) is 5.91 Å². The van der Waals surface area contributed by atoms with Crippen LogP contribution in [-0.4, -0.2) is 30.2 Å². The minimum atomic E-state index is -4.76. The number of aryl methyl sites for hydroxylation is 1. The Labute approximate surface area is 163 Å². The Bertz CT molecular complexity index is 1040. The highest BCUT2D eigenvalue weighted by Gasteiger charge is 2.36. The summed E-state index contributed by atoms with van der Waals surface area (Å²) in [4.78, 5) is 22.1. The Hall–Kier alpha value is -3.48. The Morgan fingerprint density at radius 3 is 2.72 bits per heavy atom. The number of fused-ring (bicyclic) bond motifs is 1. The molecule has 1 amide bonds. The van der Waals surface area contributed by atoms with Crippen LogP contribution in [0.4, 0.5) is 34.8 Å². The third-order valence-electron chi connectivity index (χ3n) is 4.39. The lowest BCUT2D eigenvalue weighted by Gasteiger charge is -2.27. The van der Waals surface area contributed by atoms with Crippen molar-refractivity contribution in [2.45, 2.75) is 25.6 Å². The Morgan fingerprint density at radius 1 is 1.34 bits per heavy atom. The SMILES string of the molecule is Cc1cc(C(F)(F)F)c(C#N)c(NC2CC=Nc3c(F)cccc3N(C)C2=O)n1. The molecule has 150 valence electrons. The molecule has 0 fully saturated rings. The number of pyridine rings is 1. The van der Waals surface area contributed by atoms with E-state index in [0.29, 0.717) is 0 Å². The molecule has 0 bridgehead atoms. The summed E-state index contributed by atoms with van der Waals surface area (Å²) < 4.78 is 53.9. The summed E-state index contributed by atoms with van der Waals surface area (Å²) in [6.45, 7) is 1.36. The molecular formula is C19H15F4N5O. The standard InChI is InChI=1S/C19H15F4N5O/c1-10-8-12(19(21,22)23)11(9-24)17(26-10)27-14-6-7-25-16-13(20)4-3-5-15(16)28(2)18(14)29/h3-5,7-8,14H,6H2,1-2H3,(H,26,27). The summed E-state index contributed by atoms with van der Waals surface area (Å²) in [5.74, 6) is -1.49. The maximum Gasteiger partial charge on any atom is 0.417 e. The van der Waals surface area contributed by atoms with Gasteiger partial charge in [0.15, 0.2) is 5.82 Å². The number of para-hydroxylation sites is 1. The number of aliphatic imine (C=N–C) groups is 1. The van der Waals surface area contributed by atoms with E-state index in [-0.39, 0.29) is 29.3 Å². The number of carbonyl (C=O) groups is 1. The minimum absolute atomic E-state index is 0.00690. The van der Waals surface area contributed by atoms with Gasteiger partial charge in [-0.2, -0.15) is 18.4 Å². The van der Waals surface area contributed by atoms with E-state index in [9.17, 15) is 27.6 Å². The molecule has 2 heterocycles. The largest absolute Gasteiger partial charge is 0.417 e. The molecule has 3 rings (SSSR count). The van der Waals surface area contributed by atoms with E-state index in [1.165, 1.54) is 49.4 Å². The van der Waals surface area contributed by atoms with Crippen LogP contribution in [0, 0.1) is 24.1 Å². The highest BCUT2D eigenvalue weighted by molar-refractivity contribution is 6.03. The number of alkyl halides is 3. The van der Waals surface area contributed by atoms with Gasteiger partial charge in [-0.3, -0.25) is 9.79 Å². The van der Waals surface area contributed by atoms with Crippen molar-refractivity contribution in [3.05, 3.63) is 46.9 Å². The summed E-state index contributed by atoms with van der Waals surface area (Å²) in [5.41, 5.74) is -1.60. The van der Waals surface area contributed by atoms with Gasteiger partial charge in [-0.15, -0.1) is 0 Å². The predicted octanol–water partition coefficient (Wildman–Crippen LogP) is 3.97. The zero-order valence-electron chi connectivity index (χ0n) is 15.4. The van der Waals surface area contributed by atoms with E-state index in [0.717, 1.165) is 6.07 Å². The molecule has 10 heteroatoms. The average molecular weight is 405 g/mol. The van der Waals surface area contributed by atoms with Crippen LogP contribution in [0.3, 0.4) is 0 Å². The molecular weight excluding hydrogens is 390 g/mol. The van der Waals surface area contributed by atoms with Crippen molar-refractivity contribution in [1.29, 1.82) is 5.26 Å². The fourth-order valence-corrected chi connectivity index (χ4v) is 3.01. The molecule has 1 aromatic heterocycles. The Kier molecular flexibility index (Phi) is 5.24. The third kappa shape index (κ3) is 3.89. The first kappa shape index (κ1) is 20.3. The highest BCUT2D eigenvalue weighted by atomic mass is 19.4. The van der Waals surface area contributed by atoms with Crippen LogP contribution in [0.1, 0.15) is 23.2 Å². The molecule has 1 unspecified atom stereocenters. The summed E-state index contributed by atoms with van der Waals surface area (Å²) in [6, 6.07) is 5.36. The zero-order valence-corrected chi connectivity index (χ0v) is 15.4. The van der Waals surface area contributed by atoms with Crippen molar-refractivity contribution < 1.29 is 22.4 Å². The highest BCUT2D eigenvalue weighted by Crippen LogP contribution is 2.36. The van der Waals surface area contributed by atoms with E-state index >= 15 is 0 Å². The van der Waals surface area contributed by atoms with Gasteiger partial charge in [0.05, 0.1) is 11.3 Å². The predicted molar refractivity (Wildman–Crippen MR) is 98.7 cm³/mol. The average Bonchev–Trinajstić information content (AvgIpc) is 2.65. The normalized spacial score (nSPS) is 16.7. The molecule has 6 nitrogen and oxygen atoms in total. The van der Waals surface area contributed by atoms with Crippen LogP contribution in [-0.2, 0) is 11.0 Å². The van der Waals surface area contributed by atoms with Gasteiger partial charge >= 0.3 is 6.18 Å². The van der Waals surface area contributed by atoms with Crippen molar-refractivity contribution in [1.82, 2.24) is 4.98 Å². The van der Waals surface area contributed by atoms with E-state index < -0.39 is 35.1 Å². The number of likely N-dealkylation sites (N-methyl/N-ethyl adjacent to an activating group) is 1. The molecule has 1 N–H and O–H groups in total. The Morgan fingerprint density at radius 2 is 2.07 bits per heavy atom. The summed E-state index contributed by atoms with van der Waals surface area (Å²) in [5, 5.41) is 11.9. The fraction of sp³-hybridized carbons (Fsp3) is 0.263. The molecule has 0 spiro atoms. The number of hydrogen-bond donors (Lipinski definition) is 1. The van der Waals surface area contributed by atoms with E-state index in [1.807, 2.05) is 0 Å². The lowest BCUT2D eigenvalue weighted by atomic mass is 10.1. The van der Waals surface area contributed by atoms with Crippen LogP contribution in [0.2, 0.25) is 0 Å². The number of anilines is 2. The zero-order chi connectivity index (χ0) is 21.3. The molecule has 0 saturated carbocycles. The van der Waals surface area contributed by atoms with Crippen LogP contribution >= 0.6 is 0 Å². The number of rotatable bonds is 2. The molecule has 1 aromatic carbocycles. The summed E-state index contributed by atoms with van der Waals surface area (Å²) in [7, 11) is 1.41. The van der Waals surface area contributed by atoms with Gasteiger partial charge in [0, 0.05) is 25.4 Å². The number of carbonyl (C=O) groups excluding carboxylic acids is 1. The molecule has 2 aromatic rings. The van der Waals surface area contributed by atoms with Crippen LogP contribution < -0.4 is 10.2 Å². The van der Waals surface area contributed by atoms with Crippen LogP contribution in [0.15, 0.2) is 29.3 Å². The smallest absolute Gasteiger partial charge is 0.357 e. The quantitative estimate of drug-likeness (QED) is 0.767. The number of amides is 1. The third-order valence-corrected chi connectivity index (χ3v) is 4.39. The number of nitrogens with zero attached hydrogens (tertiary/aromatic N) is 4. The lowest BCUT2D eigenvalue weighted by Crippen LogP contribution is -2.42. The second-order valence-corrected chi connectivity index (χ2v) is 6.39. The van der Waals surface area contributed by atoms with Gasteiger partial charge in [-0.05, 0) is 25.1 Å². The monoisotopic (exact) mass is 405 g/mol. The van der Waals surface area contributed by atoms with Crippen LogP contribution in [0.5, 0.6) is 0 Å². The maximum absolute atomic E-state index is 14.0. The number of aromatic nitrogens is 1. The minimum Gasteiger partial charge on any atom is -0.357 e. The summed E-state index contributed by atoms with van der Waals surface area (Å²) in [6.07, 6.45) is -3.50. The van der Waals surface area contributed by atoms with Crippen LogP contribution in [0.25, 0.3) is 0 Å². The molecule has 0 aliphatic carbocycles. The maximum atomic E-state index is 14.0. The van der Waals surface area contributed by atoms with Crippen molar-refractivity contribution in [2.75, 3.05) is 17.3 Å². The number of nitriles is 1. The number of halogens is 4. The first-order valence-corrected chi connectivity index (χ1v) is 8.47. The molecule has 0 saturated heterocycles. The first-order valence-electron chi connectivity index (χ1n) is 8.47. The molecule has 29 heavy (non-hydrogen) atoms. The number of nitrogens with one attached hydrogen (secondary N) is 1. The van der Waals surface area contributed by atoms with Crippen molar-refractivity contribution >= 4 is 29.3 Å². The van der Waals surface area contributed by atoms with Gasteiger partial charge in [0.25, 0.3) is 0 Å². The molecule has 1 atom stereocenters. The van der Waals surface area contributed by atoms with Gasteiger partial charge in [-0.25, -0.2) is 9.37 Å². The van der Waals surface area contributed by atoms with Gasteiger partial charge < -0.3 is 10.2 Å². The van der Waals surface area contributed by atoms with E-state index in [4.69, 9.17) is 0 Å². The fourth-order valence-electron chi connectivity index (χ4n) is 3.01.